The molecule has 3 aromatic rings. The lowest BCUT2D eigenvalue weighted by Gasteiger charge is -2.13. The molecule has 0 amide bonds. The van der Waals surface area contributed by atoms with Gasteiger partial charge in [-0.2, -0.15) is 0 Å². The number of pyridine rings is 1. The SMILES string of the molecule is CN=C(NCc1ccnc(-n2ccnc2)c1)NCc1ccc(S(C)(=O)=O)c(C)c1. The van der Waals surface area contributed by atoms with Crippen LogP contribution < -0.4 is 10.6 Å². The molecule has 0 saturated carbocycles. The maximum absolute atomic E-state index is 11.7. The van der Waals surface area contributed by atoms with Crippen LogP contribution in [0.25, 0.3) is 5.82 Å². The Morgan fingerprint density at radius 2 is 1.83 bits per heavy atom. The zero-order valence-corrected chi connectivity index (χ0v) is 17.4. The van der Waals surface area contributed by atoms with E-state index in [-0.39, 0.29) is 0 Å². The Hall–Kier alpha value is -3.20. The van der Waals surface area contributed by atoms with Gasteiger partial charge in [-0.05, 0) is 41.8 Å². The summed E-state index contributed by atoms with van der Waals surface area (Å²) in [7, 11) is -1.51. The van der Waals surface area contributed by atoms with Crippen molar-refractivity contribution in [1.29, 1.82) is 0 Å². The van der Waals surface area contributed by atoms with Gasteiger partial charge in [0.25, 0.3) is 0 Å². The van der Waals surface area contributed by atoms with Crippen molar-refractivity contribution < 1.29 is 8.42 Å². The summed E-state index contributed by atoms with van der Waals surface area (Å²) >= 11 is 0. The van der Waals surface area contributed by atoms with Crippen LogP contribution >= 0.6 is 0 Å². The predicted octanol–water partition coefficient (Wildman–Crippen LogP) is 1.84. The van der Waals surface area contributed by atoms with Gasteiger partial charge >= 0.3 is 0 Å². The molecule has 0 bridgehead atoms. The van der Waals surface area contributed by atoms with Gasteiger partial charge in [0, 0.05) is 45.0 Å². The molecule has 8 nitrogen and oxygen atoms in total. The zero-order chi connectivity index (χ0) is 20.9. The Bertz CT molecular complexity index is 1110. The van der Waals surface area contributed by atoms with Crippen molar-refractivity contribution in [1.82, 2.24) is 25.2 Å². The van der Waals surface area contributed by atoms with Gasteiger partial charge in [0.05, 0.1) is 4.90 Å². The normalized spacial score (nSPS) is 12.0. The molecule has 0 unspecified atom stereocenters. The highest BCUT2D eigenvalue weighted by atomic mass is 32.2. The van der Waals surface area contributed by atoms with Gasteiger partial charge in [-0.3, -0.25) is 9.56 Å². The second-order valence-corrected chi connectivity index (χ2v) is 8.63. The molecule has 152 valence electrons. The Morgan fingerprint density at radius 1 is 1.10 bits per heavy atom. The second-order valence-electron chi connectivity index (χ2n) is 6.64. The number of benzene rings is 1. The summed E-state index contributed by atoms with van der Waals surface area (Å²) in [6, 6.07) is 9.25. The number of guanidine groups is 1. The van der Waals surface area contributed by atoms with Crippen molar-refractivity contribution in [3.05, 3.63) is 71.9 Å². The van der Waals surface area contributed by atoms with E-state index in [0.29, 0.717) is 23.9 Å². The van der Waals surface area contributed by atoms with E-state index in [9.17, 15) is 8.42 Å². The molecule has 0 fully saturated rings. The fourth-order valence-electron chi connectivity index (χ4n) is 2.94. The highest BCUT2D eigenvalue weighted by molar-refractivity contribution is 7.90. The third kappa shape index (κ3) is 5.41. The smallest absolute Gasteiger partial charge is 0.191 e. The average Bonchev–Trinajstić information content (AvgIpc) is 3.22. The van der Waals surface area contributed by atoms with Gasteiger partial charge in [-0.15, -0.1) is 0 Å². The minimum absolute atomic E-state index is 0.357. The third-order valence-electron chi connectivity index (χ3n) is 4.36. The molecule has 2 aromatic heterocycles. The van der Waals surface area contributed by atoms with Crippen molar-refractivity contribution in [2.24, 2.45) is 4.99 Å². The first-order valence-corrected chi connectivity index (χ1v) is 10.9. The van der Waals surface area contributed by atoms with Gasteiger partial charge in [-0.25, -0.2) is 18.4 Å². The van der Waals surface area contributed by atoms with Crippen LogP contribution in [0.5, 0.6) is 0 Å². The molecule has 3 rings (SSSR count). The van der Waals surface area contributed by atoms with Crippen molar-refractivity contribution in [3.63, 3.8) is 0 Å². The first kappa shape index (κ1) is 20.5. The first-order valence-electron chi connectivity index (χ1n) is 9.04. The summed E-state index contributed by atoms with van der Waals surface area (Å²) in [5.41, 5.74) is 2.77. The minimum Gasteiger partial charge on any atom is -0.352 e. The Balaban J connectivity index is 1.59. The number of hydrogen-bond donors (Lipinski definition) is 2. The van der Waals surface area contributed by atoms with Crippen LogP contribution in [0.2, 0.25) is 0 Å². The maximum atomic E-state index is 11.7. The Kier molecular flexibility index (Phi) is 6.28. The number of imidazole rings is 1. The number of nitrogens with zero attached hydrogens (tertiary/aromatic N) is 4. The van der Waals surface area contributed by atoms with Crippen LogP contribution in [-0.4, -0.2) is 42.2 Å². The largest absolute Gasteiger partial charge is 0.352 e. The fourth-order valence-corrected chi connectivity index (χ4v) is 3.90. The van der Waals surface area contributed by atoms with Crippen LogP contribution in [-0.2, 0) is 22.9 Å². The first-order chi connectivity index (χ1) is 13.9. The van der Waals surface area contributed by atoms with Crippen molar-refractivity contribution >= 4 is 15.8 Å². The van der Waals surface area contributed by atoms with E-state index in [1.165, 1.54) is 6.26 Å². The standard InChI is InChI=1S/C20H24N6O2S/c1-15-10-16(4-5-18(15)29(3,27)28)12-24-20(21-2)25-13-17-6-7-23-19(11-17)26-9-8-22-14-26/h4-11,14H,12-13H2,1-3H3,(H2,21,24,25). The summed E-state index contributed by atoms with van der Waals surface area (Å²) in [4.78, 5) is 13.0. The number of rotatable bonds is 6. The average molecular weight is 413 g/mol. The van der Waals surface area contributed by atoms with Crippen molar-refractivity contribution in [3.8, 4) is 5.82 Å². The summed E-state index contributed by atoms with van der Waals surface area (Å²) in [6.45, 7) is 2.91. The van der Waals surface area contributed by atoms with Crippen LogP contribution in [0.3, 0.4) is 0 Å². The molecule has 0 aliphatic rings. The molecule has 0 radical (unpaired) electrons. The Morgan fingerprint density at radius 3 is 2.41 bits per heavy atom. The van der Waals surface area contributed by atoms with Crippen LogP contribution in [0.1, 0.15) is 16.7 Å². The number of hydrogen-bond acceptors (Lipinski definition) is 5. The van der Waals surface area contributed by atoms with Crippen LogP contribution in [0, 0.1) is 6.92 Å². The highest BCUT2D eigenvalue weighted by Gasteiger charge is 2.11. The lowest BCUT2D eigenvalue weighted by molar-refractivity contribution is 0.601. The highest BCUT2D eigenvalue weighted by Crippen LogP contribution is 2.16. The molecule has 2 N–H and O–H groups in total. The summed E-state index contributed by atoms with van der Waals surface area (Å²) in [5.74, 6) is 1.45. The van der Waals surface area contributed by atoms with Crippen molar-refractivity contribution in [2.45, 2.75) is 24.9 Å². The predicted molar refractivity (Wildman–Crippen MR) is 113 cm³/mol. The van der Waals surface area contributed by atoms with Gasteiger partial charge in [0.15, 0.2) is 15.8 Å². The fraction of sp³-hybridized carbons (Fsp3) is 0.250. The van der Waals surface area contributed by atoms with E-state index >= 15 is 0 Å². The van der Waals surface area contributed by atoms with E-state index in [4.69, 9.17) is 0 Å². The topological polar surface area (TPSA) is 101 Å². The quantitative estimate of drug-likeness (QED) is 0.473. The molecule has 0 aliphatic heterocycles. The molecule has 0 atom stereocenters. The minimum atomic E-state index is -3.21. The number of nitrogens with one attached hydrogen (secondary N) is 2. The number of aryl methyl sites for hydroxylation is 1. The molecule has 0 aliphatic carbocycles. The van der Waals surface area contributed by atoms with Gasteiger partial charge in [0.2, 0.25) is 0 Å². The van der Waals surface area contributed by atoms with Gasteiger partial charge in [-0.1, -0.05) is 12.1 Å². The zero-order valence-electron chi connectivity index (χ0n) is 16.6. The monoisotopic (exact) mass is 412 g/mol. The molecular weight excluding hydrogens is 388 g/mol. The molecule has 0 spiro atoms. The molecule has 0 saturated heterocycles. The number of sulfone groups is 1. The third-order valence-corrected chi connectivity index (χ3v) is 5.62. The van der Waals surface area contributed by atoms with E-state index in [2.05, 4.69) is 25.6 Å². The summed E-state index contributed by atoms with van der Waals surface area (Å²) in [5, 5.41) is 6.51. The van der Waals surface area contributed by atoms with Crippen LogP contribution in [0.15, 0.2) is 65.1 Å². The number of aromatic nitrogens is 3. The van der Waals surface area contributed by atoms with Gasteiger partial charge in [0.1, 0.15) is 12.1 Å². The van der Waals surface area contributed by atoms with E-state index in [1.54, 1.807) is 38.8 Å². The maximum Gasteiger partial charge on any atom is 0.191 e. The van der Waals surface area contributed by atoms with E-state index in [0.717, 1.165) is 22.5 Å². The molecular formula is C20H24N6O2S. The van der Waals surface area contributed by atoms with E-state index in [1.807, 2.05) is 35.0 Å². The summed E-state index contributed by atoms with van der Waals surface area (Å²) < 4.78 is 25.3. The van der Waals surface area contributed by atoms with Crippen molar-refractivity contribution in [2.75, 3.05) is 13.3 Å². The molecule has 29 heavy (non-hydrogen) atoms. The molecule has 1 aromatic carbocycles. The second kappa shape index (κ2) is 8.87. The lowest BCUT2D eigenvalue weighted by atomic mass is 10.1. The van der Waals surface area contributed by atoms with E-state index < -0.39 is 9.84 Å². The summed E-state index contributed by atoms with van der Waals surface area (Å²) in [6.07, 6.45) is 8.24. The lowest BCUT2D eigenvalue weighted by Crippen LogP contribution is -2.36. The van der Waals surface area contributed by atoms with Gasteiger partial charge < -0.3 is 10.6 Å². The number of aliphatic imine (C=N–C) groups is 1. The van der Waals surface area contributed by atoms with Crippen LogP contribution in [0.4, 0.5) is 0 Å². The molecule has 2 heterocycles. The molecule has 9 heteroatoms. The Labute approximate surface area is 170 Å².